The van der Waals surface area contributed by atoms with E-state index in [9.17, 15) is 37.3 Å². The van der Waals surface area contributed by atoms with Gasteiger partial charge in [-0.2, -0.15) is 21.2 Å². The van der Waals surface area contributed by atoms with Gasteiger partial charge in [0.05, 0.1) is 34.0 Å². The van der Waals surface area contributed by atoms with Crippen molar-refractivity contribution in [3.05, 3.63) is 34.4 Å². The zero-order chi connectivity index (χ0) is 44.9. The Kier molecular flexibility index (Phi) is 12.6. The third-order valence-electron chi connectivity index (χ3n) is 19.6. The number of carboxylic acids is 1. The van der Waals surface area contributed by atoms with Gasteiger partial charge >= 0.3 is 5.97 Å². The number of fused-ring (bicyclic) bond motifs is 7. The number of alkyl halides is 1. The van der Waals surface area contributed by atoms with Crippen LogP contribution in [0.4, 0.5) is 4.39 Å². The van der Waals surface area contributed by atoms with Gasteiger partial charge in [-0.05, 0) is 132 Å². The molecule has 0 amide bonds. The van der Waals surface area contributed by atoms with Crippen molar-refractivity contribution in [3.8, 4) is 0 Å². The predicted octanol–water partition coefficient (Wildman–Crippen LogP) is 9.84. The number of hydrogen-bond donors (Lipinski definition) is 5. The Hall–Kier alpha value is -1.29. The fourth-order valence-electron chi connectivity index (χ4n) is 15.7. The van der Waals surface area contributed by atoms with Crippen molar-refractivity contribution in [2.75, 3.05) is 82.0 Å². The molecule has 10 nitrogen and oxygen atoms in total. The standard InChI is InChI=1S/C49H80FN3O7S2/c1-34(2)41-38(54)32-49(53(22-20-51-24-28-61(57,58)29-25-51)23-21-52-26-30-62(59,60)31-27-52)19-18-46(6)37(42(41)49)8-9-40-45(5)14-12-36(44(3,4)39(45)13-15-47(40,46)7)35-10-16-48(33-50,17-11-35)43(55)56/h10,12,34,37,39-40,57-60H,8-9,11,13-33H2,1-7H3,(H,55,56)/t37-,39+,40-,45+,46-,47-,48?,49-/m1/s1. The molecule has 13 heteroatoms. The molecule has 8 atom stereocenters. The summed E-state index contributed by atoms with van der Waals surface area (Å²) in [7, 11) is -5.01. The van der Waals surface area contributed by atoms with Crippen LogP contribution in [0.25, 0.3) is 0 Å². The third-order valence-corrected chi connectivity index (χ3v) is 22.9. The lowest BCUT2D eigenvalue weighted by Crippen LogP contribution is -2.66. The first-order valence-electron chi connectivity index (χ1n) is 24.1. The molecular formula is C49H80FN3O7S2. The molecule has 0 radical (unpaired) electrons. The van der Waals surface area contributed by atoms with Crippen LogP contribution in [0.2, 0.25) is 0 Å². The summed E-state index contributed by atoms with van der Waals surface area (Å²) >= 11 is 0. The predicted molar refractivity (Wildman–Crippen MR) is 251 cm³/mol. The molecule has 2 aliphatic heterocycles. The number of hydrogen-bond acceptors (Lipinski definition) is 9. The number of carbonyl (C=O) groups excluding carboxylic acids is 1. The maximum absolute atomic E-state index is 14.7. The van der Waals surface area contributed by atoms with Gasteiger partial charge in [0.15, 0.2) is 5.78 Å². The van der Waals surface area contributed by atoms with Crippen LogP contribution in [-0.4, -0.2) is 137 Å². The van der Waals surface area contributed by atoms with E-state index in [1.54, 1.807) is 0 Å². The first-order chi connectivity index (χ1) is 29.0. The molecule has 5 fully saturated rings. The van der Waals surface area contributed by atoms with Crippen LogP contribution in [0.3, 0.4) is 0 Å². The van der Waals surface area contributed by atoms with E-state index in [0.29, 0.717) is 92.0 Å². The Balaban J connectivity index is 1.10. The topological polar surface area (TPSA) is 145 Å². The largest absolute Gasteiger partial charge is 0.481 e. The lowest BCUT2D eigenvalue weighted by Gasteiger charge is -2.72. The van der Waals surface area contributed by atoms with Crippen LogP contribution in [0.1, 0.15) is 119 Å². The number of halogens is 1. The molecule has 0 spiro atoms. The van der Waals surface area contributed by atoms with Crippen molar-refractivity contribution in [2.45, 2.75) is 125 Å². The number of allylic oxidation sites excluding steroid dienone is 5. The van der Waals surface area contributed by atoms with Crippen molar-refractivity contribution in [2.24, 2.45) is 50.7 Å². The van der Waals surface area contributed by atoms with Crippen molar-refractivity contribution >= 4 is 32.9 Å². The van der Waals surface area contributed by atoms with Gasteiger partial charge in [0, 0.05) is 58.8 Å². The van der Waals surface area contributed by atoms with Crippen molar-refractivity contribution in [3.63, 3.8) is 0 Å². The van der Waals surface area contributed by atoms with Crippen molar-refractivity contribution in [1.82, 2.24) is 14.7 Å². The van der Waals surface area contributed by atoms with Crippen LogP contribution in [0, 0.1) is 50.7 Å². The highest BCUT2D eigenvalue weighted by molar-refractivity contribution is 8.24. The van der Waals surface area contributed by atoms with E-state index in [1.807, 2.05) is 0 Å². The summed E-state index contributed by atoms with van der Waals surface area (Å²) < 4.78 is 55.7. The highest BCUT2D eigenvalue weighted by Gasteiger charge is 2.70. The third kappa shape index (κ3) is 7.67. The molecule has 2 saturated heterocycles. The van der Waals surface area contributed by atoms with Gasteiger partial charge in [-0.1, -0.05) is 60.6 Å². The van der Waals surface area contributed by atoms with Gasteiger partial charge in [0.1, 0.15) is 6.67 Å². The van der Waals surface area contributed by atoms with Crippen LogP contribution in [0.15, 0.2) is 34.4 Å². The van der Waals surface area contributed by atoms with E-state index < -0.39 is 39.2 Å². The lowest BCUT2D eigenvalue weighted by atomic mass is 9.33. The number of carbonyl (C=O) groups is 2. The Labute approximate surface area is 375 Å². The molecule has 8 aliphatic rings. The van der Waals surface area contributed by atoms with Crippen LogP contribution in [0.5, 0.6) is 0 Å². The fraction of sp³-hybridized carbons (Fsp3) is 0.837. The molecule has 3 saturated carbocycles. The van der Waals surface area contributed by atoms with Gasteiger partial charge in [-0.3, -0.25) is 42.5 Å². The second kappa shape index (κ2) is 16.5. The van der Waals surface area contributed by atoms with E-state index in [-0.39, 0.29) is 39.5 Å². The highest BCUT2D eigenvalue weighted by Crippen LogP contribution is 2.76. The Morgan fingerprint density at radius 2 is 1.40 bits per heavy atom. The molecule has 0 aromatic heterocycles. The first kappa shape index (κ1) is 47.2. The Bertz CT molecular complexity index is 1830. The minimum absolute atomic E-state index is 0.00811. The number of rotatable bonds is 11. The monoisotopic (exact) mass is 906 g/mol. The second-order valence-electron chi connectivity index (χ2n) is 23.0. The second-order valence-corrected chi connectivity index (χ2v) is 27.9. The molecule has 0 aromatic carbocycles. The van der Waals surface area contributed by atoms with Crippen LogP contribution >= 0.6 is 21.2 Å². The van der Waals surface area contributed by atoms with Gasteiger partial charge in [0.2, 0.25) is 0 Å². The van der Waals surface area contributed by atoms with Crippen molar-refractivity contribution < 1.29 is 37.3 Å². The van der Waals surface area contributed by atoms with Gasteiger partial charge in [-0.15, -0.1) is 0 Å². The SMILES string of the molecule is CC(C)C1=C2[C@H]3CC[C@@H]4[C@@]5(C)CC=C(C6=CCC(CF)(C(=O)O)CC6)C(C)(C)[C@@H]5CC[C@@]4(C)[C@]3(C)CC[C@@]2(N(CCN2CCS(O)(O)CC2)CCN2CCS(O)(O)CC2)CC1=O. The lowest BCUT2D eigenvalue weighted by molar-refractivity contribution is -0.200. The molecule has 0 bridgehead atoms. The van der Waals surface area contributed by atoms with Gasteiger partial charge in [-0.25, -0.2) is 4.39 Å². The summed E-state index contributed by atoms with van der Waals surface area (Å²) in [5, 5.41) is 9.90. The van der Waals surface area contributed by atoms with E-state index in [2.05, 4.69) is 75.3 Å². The molecule has 8 rings (SSSR count). The van der Waals surface area contributed by atoms with Crippen LogP contribution < -0.4 is 0 Å². The molecule has 62 heavy (non-hydrogen) atoms. The fourth-order valence-corrected chi connectivity index (χ4v) is 18.3. The summed E-state index contributed by atoms with van der Waals surface area (Å²) in [5.41, 5.74) is 3.52. The average molecular weight is 906 g/mol. The summed E-state index contributed by atoms with van der Waals surface area (Å²) in [6.07, 6.45) is 13.8. The summed E-state index contributed by atoms with van der Waals surface area (Å²) in [6.45, 7) is 22.2. The molecule has 352 valence electrons. The first-order valence-corrected chi connectivity index (χ1v) is 27.9. The minimum atomic E-state index is -2.51. The summed E-state index contributed by atoms with van der Waals surface area (Å²) in [6, 6.07) is 0. The molecule has 5 N–H and O–H groups in total. The molecule has 0 aromatic rings. The molecule has 1 unspecified atom stereocenters. The number of nitrogens with zero attached hydrogens (tertiary/aromatic N) is 3. The zero-order valence-electron chi connectivity index (χ0n) is 39.0. The number of ketones is 1. The Morgan fingerprint density at radius 3 is 1.92 bits per heavy atom. The summed E-state index contributed by atoms with van der Waals surface area (Å²) in [5.74, 6) is 2.37. The number of carboxylic acid groups (broad SMARTS) is 1. The smallest absolute Gasteiger partial charge is 0.312 e. The molecule has 6 aliphatic carbocycles. The Morgan fingerprint density at radius 1 is 0.806 bits per heavy atom. The van der Waals surface area contributed by atoms with Crippen molar-refractivity contribution in [1.29, 1.82) is 0 Å². The average Bonchev–Trinajstić information content (AvgIpc) is 3.52. The minimum Gasteiger partial charge on any atom is -0.481 e. The maximum atomic E-state index is 14.7. The van der Waals surface area contributed by atoms with E-state index in [0.717, 1.165) is 76.7 Å². The van der Waals surface area contributed by atoms with E-state index in [1.165, 1.54) is 16.7 Å². The van der Waals surface area contributed by atoms with Gasteiger partial charge < -0.3 is 5.11 Å². The maximum Gasteiger partial charge on any atom is 0.312 e. The molecular weight excluding hydrogens is 826 g/mol. The van der Waals surface area contributed by atoms with E-state index in [4.69, 9.17) is 0 Å². The van der Waals surface area contributed by atoms with Crippen LogP contribution in [-0.2, 0) is 9.59 Å². The van der Waals surface area contributed by atoms with E-state index >= 15 is 0 Å². The normalized spacial score (nSPS) is 41.7. The number of aliphatic carboxylic acids is 1. The quantitative estimate of drug-likeness (QED) is 0.136. The zero-order valence-corrected chi connectivity index (χ0v) is 40.7. The summed E-state index contributed by atoms with van der Waals surface area (Å²) in [4.78, 5) is 34.2. The highest BCUT2D eigenvalue weighted by atomic mass is 32.3. The number of Topliss-reactive ketones (excluding diaryl/α,β-unsaturated/α-hetero) is 1. The molecule has 2 heterocycles. The van der Waals surface area contributed by atoms with Gasteiger partial charge in [0.25, 0.3) is 0 Å².